The molecule has 0 bridgehead atoms. The fraction of sp³-hybridized carbons (Fsp3) is 0.310. The van der Waals surface area contributed by atoms with E-state index < -0.39 is 0 Å². The summed E-state index contributed by atoms with van der Waals surface area (Å²) in [6, 6.07) is 23.4. The summed E-state index contributed by atoms with van der Waals surface area (Å²) in [6.07, 6.45) is 2.61. The Balaban J connectivity index is 1.64. The van der Waals surface area contributed by atoms with Gasteiger partial charge in [-0.25, -0.2) is 0 Å². The largest absolute Gasteiger partial charge is 0.300 e. The molecule has 4 aromatic rings. The molecule has 0 fully saturated rings. The third kappa shape index (κ3) is 4.85. The zero-order valence-corrected chi connectivity index (χ0v) is 19.0. The summed E-state index contributed by atoms with van der Waals surface area (Å²) >= 11 is 0. The van der Waals surface area contributed by atoms with E-state index in [1.54, 1.807) is 0 Å². The van der Waals surface area contributed by atoms with Gasteiger partial charge < -0.3 is 0 Å². The van der Waals surface area contributed by atoms with Crippen molar-refractivity contribution in [2.24, 2.45) is 0 Å². The number of carbonyl (C=O) groups excluding carboxylic acids is 1. The molecule has 0 atom stereocenters. The quantitative estimate of drug-likeness (QED) is 0.317. The smallest absolute Gasteiger partial charge is 0.133 e. The van der Waals surface area contributed by atoms with Gasteiger partial charge in [-0.1, -0.05) is 74.9 Å². The van der Waals surface area contributed by atoms with Gasteiger partial charge in [-0.2, -0.15) is 0 Å². The maximum absolute atomic E-state index is 12.6. The molecule has 1 heterocycles. The van der Waals surface area contributed by atoms with Crippen molar-refractivity contribution < 1.29 is 4.79 Å². The van der Waals surface area contributed by atoms with Gasteiger partial charge in [0.1, 0.15) is 5.78 Å². The highest BCUT2D eigenvalue weighted by Gasteiger charge is 2.17. The van der Waals surface area contributed by atoms with Gasteiger partial charge in [-0.3, -0.25) is 9.78 Å². The minimum absolute atomic E-state index is 0.0680. The molecule has 0 unspecified atom stereocenters. The van der Waals surface area contributed by atoms with Crippen LogP contribution in [0.2, 0.25) is 0 Å². The van der Waals surface area contributed by atoms with Gasteiger partial charge in [-0.05, 0) is 59.9 Å². The molecule has 0 aliphatic rings. The van der Waals surface area contributed by atoms with Crippen LogP contribution in [0.3, 0.4) is 0 Å². The number of fused-ring (bicyclic) bond motifs is 3. The van der Waals surface area contributed by atoms with Gasteiger partial charge in [0, 0.05) is 29.3 Å². The van der Waals surface area contributed by atoms with Gasteiger partial charge >= 0.3 is 0 Å². The fourth-order valence-corrected chi connectivity index (χ4v) is 4.15. The van der Waals surface area contributed by atoms with Crippen LogP contribution < -0.4 is 0 Å². The Hall–Kier alpha value is -3.00. The van der Waals surface area contributed by atoms with E-state index in [0.717, 1.165) is 17.6 Å². The van der Waals surface area contributed by atoms with E-state index in [1.165, 1.54) is 32.8 Å². The number of rotatable bonds is 6. The number of Topliss-reactive ketones (excluding diaryl/α,β-unsaturated/α-hetero) is 1. The van der Waals surface area contributed by atoms with Crippen LogP contribution in [-0.4, -0.2) is 10.8 Å². The van der Waals surface area contributed by atoms with E-state index in [1.807, 2.05) is 18.2 Å². The summed E-state index contributed by atoms with van der Waals surface area (Å²) in [7, 11) is 0. The number of aromatic nitrogens is 1. The average Bonchev–Trinajstić information content (AvgIpc) is 2.76. The Morgan fingerprint density at radius 2 is 1.55 bits per heavy atom. The summed E-state index contributed by atoms with van der Waals surface area (Å²) in [4.78, 5) is 17.6. The van der Waals surface area contributed by atoms with Crippen molar-refractivity contribution in [3.63, 3.8) is 0 Å². The molecule has 0 saturated heterocycles. The topological polar surface area (TPSA) is 30.0 Å². The molecule has 31 heavy (non-hydrogen) atoms. The van der Waals surface area contributed by atoms with Crippen molar-refractivity contribution >= 4 is 27.5 Å². The maximum atomic E-state index is 12.6. The summed E-state index contributed by atoms with van der Waals surface area (Å²) < 4.78 is 0. The van der Waals surface area contributed by atoms with E-state index in [4.69, 9.17) is 4.98 Å². The lowest BCUT2D eigenvalue weighted by molar-refractivity contribution is -0.119. The molecular weight excluding hydrogens is 378 g/mol. The molecule has 0 aliphatic carbocycles. The predicted octanol–water partition coefficient (Wildman–Crippen LogP) is 7.13. The van der Waals surface area contributed by atoms with Crippen molar-refractivity contribution in [2.45, 2.75) is 58.8 Å². The highest BCUT2D eigenvalue weighted by molar-refractivity contribution is 6.07. The lowest BCUT2D eigenvalue weighted by Crippen LogP contribution is -2.11. The number of benzene rings is 3. The van der Waals surface area contributed by atoms with Crippen LogP contribution in [0.4, 0.5) is 0 Å². The first kappa shape index (κ1) is 21.2. The molecule has 2 heteroatoms. The van der Waals surface area contributed by atoms with Crippen LogP contribution in [-0.2, 0) is 23.1 Å². The molecule has 0 aliphatic heterocycles. The van der Waals surface area contributed by atoms with E-state index in [2.05, 4.69) is 76.2 Å². The van der Waals surface area contributed by atoms with Crippen LogP contribution >= 0.6 is 0 Å². The van der Waals surface area contributed by atoms with Crippen LogP contribution in [0.5, 0.6) is 0 Å². The van der Waals surface area contributed by atoms with Crippen LogP contribution in [0.1, 0.15) is 56.0 Å². The van der Waals surface area contributed by atoms with Crippen molar-refractivity contribution in [3.8, 4) is 0 Å². The van der Waals surface area contributed by atoms with Crippen LogP contribution in [0.25, 0.3) is 21.7 Å². The maximum Gasteiger partial charge on any atom is 0.133 e. The predicted molar refractivity (Wildman–Crippen MR) is 131 cm³/mol. The zero-order chi connectivity index (χ0) is 22.0. The molecule has 0 amide bonds. The number of carbonyl (C=O) groups is 1. The summed E-state index contributed by atoms with van der Waals surface area (Å²) in [6.45, 7) is 8.83. The SMILES string of the molecule is Cc1ccc2nc(CCC(=O)CCc3ccccc3)c3cc(C(C)(C)C)ccc3c2c1. The van der Waals surface area contributed by atoms with Crippen molar-refractivity contribution in [1.82, 2.24) is 4.98 Å². The van der Waals surface area contributed by atoms with Gasteiger partial charge in [0.15, 0.2) is 0 Å². The second kappa shape index (κ2) is 8.63. The van der Waals surface area contributed by atoms with Gasteiger partial charge in [0.2, 0.25) is 0 Å². The second-order valence-electron chi connectivity index (χ2n) is 9.61. The molecule has 1 aromatic heterocycles. The summed E-state index contributed by atoms with van der Waals surface area (Å²) in [5.74, 6) is 0.301. The molecule has 158 valence electrons. The summed E-state index contributed by atoms with van der Waals surface area (Å²) in [5.41, 5.74) is 5.86. The number of hydrogen-bond acceptors (Lipinski definition) is 2. The third-order valence-electron chi connectivity index (χ3n) is 6.07. The van der Waals surface area contributed by atoms with E-state index in [0.29, 0.717) is 25.0 Å². The number of pyridine rings is 1. The number of hydrogen-bond donors (Lipinski definition) is 0. The van der Waals surface area contributed by atoms with Gasteiger partial charge in [0.05, 0.1) is 5.52 Å². The van der Waals surface area contributed by atoms with E-state index in [9.17, 15) is 4.79 Å². The number of nitrogens with zero attached hydrogens (tertiary/aromatic N) is 1. The van der Waals surface area contributed by atoms with Crippen molar-refractivity contribution in [1.29, 1.82) is 0 Å². The molecule has 0 spiro atoms. The molecule has 0 N–H and O–H groups in total. The minimum Gasteiger partial charge on any atom is -0.300 e. The first-order valence-electron chi connectivity index (χ1n) is 11.2. The second-order valence-corrected chi connectivity index (χ2v) is 9.61. The zero-order valence-electron chi connectivity index (χ0n) is 19.0. The summed E-state index contributed by atoms with van der Waals surface area (Å²) in [5, 5.41) is 3.60. The average molecular weight is 410 g/mol. The van der Waals surface area contributed by atoms with Crippen LogP contribution in [0, 0.1) is 6.92 Å². The van der Waals surface area contributed by atoms with Crippen LogP contribution in [0.15, 0.2) is 66.7 Å². The number of ketones is 1. The molecule has 2 nitrogen and oxygen atoms in total. The lowest BCUT2D eigenvalue weighted by atomic mass is 9.85. The monoisotopic (exact) mass is 409 g/mol. The third-order valence-corrected chi connectivity index (χ3v) is 6.07. The fourth-order valence-electron chi connectivity index (χ4n) is 4.15. The Morgan fingerprint density at radius 3 is 2.29 bits per heavy atom. The molecule has 3 aromatic carbocycles. The van der Waals surface area contributed by atoms with E-state index >= 15 is 0 Å². The first-order chi connectivity index (χ1) is 14.8. The lowest BCUT2D eigenvalue weighted by Gasteiger charge is -2.20. The molecule has 0 saturated carbocycles. The highest BCUT2D eigenvalue weighted by atomic mass is 16.1. The minimum atomic E-state index is 0.0680. The molecular formula is C29H31NO. The molecule has 0 radical (unpaired) electrons. The first-order valence-corrected chi connectivity index (χ1v) is 11.2. The highest BCUT2D eigenvalue weighted by Crippen LogP contribution is 2.32. The van der Waals surface area contributed by atoms with Gasteiger partial charge in [0.25, 0.3) is 0 Å². The van der Waals surface area contributed by atoms with Crippen molar-refractivity contribution in [3.05, 3.63) is 89.1 Å². The number of aryl methyl sites for hydroxylation is 3. The Kier molecular flexibility index (Phi) is 5.91. The van der Waals surface area contributed by atoms with Crippen molar-refractivity contribution in [2.75, 3.05) is 0 Å². The standard InChI is InChI=1S/C29H31NO/c1-20-10-16-27-25(18-20)24-15-12-22(29(2,3)4)19-26(24)28(30-27)17-14-23(31)13-11-21-8-6-5-7-9-21/h5-10,12,15-16,18-19H,11,13-14,17H2,1-4H3. The Bertz CT molecular complexity index is 1230. The Labute approximate surface area is 185 Å². The van der Waals surface area contributed by atoms with E-state index in [-0.39, 0.29) is 5.41 Å². The normalized spacial score (nSPS) is 11.9. The van der Waals surface area contributed by atoms with Gasteiger partial charge in [-0.15, -0.1) is 0 Å². The molecule has 4 rings (SSSR count). The Morgan fingerprint density at radius 1 is 0.806 bits per heavy atom.